The van der Waals surface area contributed by atoms with E-state index >= 15 is 0 Å². The van der Waals surface area contributed by atoms with Crippen LogP contribution < -0.4 is 10.2 Å². The van der Waals surface area contributed by atoms with Crippen molar-refractivity contribution < 1.29 is 22.2 Å². The maximum Gasteiger partial charge on any atom is 0.321 e. The van der Waals surface area contributed by atoms with E-state index in [1.165, 1.54) is 41.3 Å². The van der Waals surface area contributed by atoms with Gasteiger partial charge in [0.25, 0.3) is 10.1 Å². The lowest BCUT2D eigenvalue weighted by Gasteiger charge is -2.17. The number of amides is 2. The summed E-state index contributed by atoms with van der Waals surface area (Å²) in [5.41, 5.74) is 0.884. The Bertz CT molecular complexity index is 883. The number of nitrogens with zero attached hydrogens (tertiary/aromatic N) is 1. The molecule has 0 saturated carbocycles. The zero-order valence-corrected chi connectivity index (χ0v) is 12.7. The molecule has 0 spiro atoms. The molecular weight excluding hydrogens is 323 g/mol. The quantitative estimate of drug-likeness (QED) is 0.842. The van der Waals surface area contributed by atoms with E-state index in [4.69, 9.17) is 0 Å². The van der Waals surface area contributed by atoms with E-state index in [9.17, 15) is 22.2 Å². The second-order valence-corrected chi connectivity index (χ2v) is 6.44. The van der Waals surface area contributed by atoms with Gasteiger partial charge in [0.1, 0.15) is 10.7 Å². The molecule has 0 radical (unpaired) electrons. The molecule has 0 atom stereocenters. The molecule has 1 aliphatic rings. The van der Waals surface area contributed by atoms with E-state index in [0.29, 0.717) is 24.3 Å². The van der Waals surface area contributed by atoms with Crippen molar-refractivity contribution in [1.29, 1.82) is 0 Å². The average Bonchev–Trinajstić information content (AvgIpc) is 2.92. The number of anilines is 1. The van der Waals surface area contributed by atoms with Gasteiger partial charge in [0, 0.05) is 24.3 Å². The first-order valence-corrected chi connectivity index (χ1v) is 8.23. The molecule has 120 valence electrons. The first kappa shape index (κ1) is 15.4. The minimum Gasteiger partial charge on any atom is -0.336 e. The fourth-order valence-corrected chi connectivity index (χ4v) is 3.21. The van der Waals surface area contributed by atoms with Crippen molar-refractivity contribution in [2.75, 3.05) is 18.0 Å². The summed E-state index contributed by atoms with van der Waals surface area (Å²) in [6, 6.07) is 9.14. The van der Waals surface area contributed by atoms with Crippen molar-refractivity contribution in [3.63, 3.8) is 0 Å². The highest BCUT2D eigenvalue weighted by Crippen LogP contribution is 2.32. The molecule has 2 amide bonds. The van der Waals surface area contributed by atoms with Gasteiger partial charge >= 0.3 is 6.03 Å². The Balaban J connectivity index is 2.19. The van der Waals surface area contributed by atoms with Crippen LogP contribution in [0.5, 0.6) is 0 Å². The van der Waals surface area contributed by atoms with Gasteiger partial charge in [-0.05, 0) is 35.9 Å². The fraction of sp³-hybridized carbons (Fsp3) is 0.133. The number of rotatable bonds is 3. The lowest BCUT2D eigenvalue weighted by atomic mass is 10.0. The van der Waals surface area contributed by atoms with Crippen molar-refractivity contribution in [3.8, 4) is 11.1 Å². The largest absolute Gasteiger partial charge is 0.336 e. The number of carbonyl (C=O) groups is 1. The molecule has 2 N–H and O–H groups in total. The predicted molar refractivity (Wildman–Crippen MR) is 82.4 cm³/mol. The van der Waals surface area contributed by atoms with Crippen LogP contribution in [-0.2, 0) is 10.1 Å². The number of hydrogen-bond acceptors (Lipinski definition) is 3. The fourth-order valence-electron chi connectivity index (χ4n) is 2.51. The topological polar surface area (TPSA) is 86.7 Å². The van der Waals surface area contributed by atoms with E-state index in [1.54, 1.807) is 0 Å². The summed E-state index contributed by atoms with van der Waals surface area (Å²) in [6.07, 6.45) is 0. The Morgan fingerprint density at radius 3 is 2.57 bits per heavy atom. The highest BCUT2D eigenvalue weighted by atomic mass is 32.2. The number of halogens is 1. The average molecular weight is 336 g/mol. The van der Waals surface area contributed by atoms with Gasteiger partial charge in [-0.2, -0.15) is 8.42 Å². The van der Waals surface area contributed by atoms with Crippen LogP contribution in [0, 0.1) is 5.82 Å². The van der Waals surface area contributed by atoms with Gasteiger partial charge in [-0.3, -0.25) is 9.45 Å². The highest BCUT2D eigenvalue weighted by molar-refractivity contribution is 7.86. The lowest BCUT2D eigenvalue weighted by molar-refractivity contribution is 0.252. The first-order valence-electron chi connectivity index (χ1n) is 6.79. The molecule has 3 rings (SSSR count). The molecule has 1 saturated heterocycles. The molecule has 8 heteroatoms. The van der Waals surface area contributed by atoms with Crippen LogP contribution in [0.15, 0.2) is 47.4 Å². The van der Waals surface area contributed by atoms with E-state index in [1.807, 2.05) is 0 Å². The van der Waals surface area contributed by atoms with E-state index in [-0.39, 0.29) is 16.5 Å². The van der Waals surface area contributed by atoms with Crippen molar-refractivity contribution in [2.45, 2.75) is 4.90 Å². The highest BCUT2D eigenvalue weighted by Gasteiger charge is 2.24. The van der Waals surface area contributed by atoms with E-state index in [0.717, 1.165) is 6.07 Å². The van der Waals surface area contributed by atoms with Crippen LogP contribution in [0.4, 0.5) is 14.9 Å². The Hall–Kier alpha value is -2.45. The number of carbonyl (C=O) groups excluding carboxylic acids is 1. The number of urea groups is 1. The summed E-state index contributed by atoms with van der Waals surface area (Å²) in [5, 5.41) is 2.64. The monoisotopic (exact) mass is 336 g/mol. The second-order valence-electron chi connectivity index (χ2n) is 5.05. The molecule has 1 fully saturated rings. The smallest absolute Gasteiger partial charge is 0.321 e. The maximum atomic E-state index is 13.5. The molecule has 0 unspecified atom stereocenters. The Labute approximate surface area is 132 Å². The molecule has 1 heterocycles. The zero-order chi connectivity index (χ0) is 16.6. The number of benzene rings is 2. The first-order chi connectivity index (χ1) is 10.9. The van der Waals surface area contributed by atoms with E-state index in [2.05, 4.69) is 5.32 Å². The van der Waals surface area contributed by atoms with Crippen LogP contribution in [0.3, 0.4) is 0 Å². The SMILES string of the molecule is O=C1NCCN1c1ccc(S(=O)(=O)O)c(-c2cccc(F)c2)c1. The predicted octanol–water partition coefficient (Wildman–Crippen LogP) is 2.27. The number of hydrogen-bond donors (Lipinski definition) is 2. The van der Waals surface area contributed by atoms with Crippen LogP contribution >= 0.6 is 0 Å². The minimum absolute atomic E-state index is 0.129. The summed E-state index contributed by atoms with van der Waals surface area (Å²) in [5.74, 6) is -0.534. The third kappa shape index (κ3) is 3.03. The van der Waals surface area contributed by atoms with Gasteiger partial charge in [-0.1, -0.05) is 12.1 Å². The summed E-state index contributed by atoms with van der Waals surface area (Å²) in [4.78, 5) is 12.8. The van der Waals surface area contributed by atoms with Gasteiger partial charge in [0.15, 0.2) is 0 Å². The van der Waals surface area contributed by atoms with Crippen LogP contribution in [0.2, 0.25) is 0 Å². The van der Waals surface area contributed by atoms with Crippen LogP contribution in [0.25, 0.3) is 11.1 Å². The molecule has 6 nitrogen and oxygen atoms in total. The zero-order valence-electron chi connectivity index (χ0n) is 11.9. The van der Waals surface area contributed by atoms with Gasteiger partial charge in [-0.25, -0.2) is 9.18 Å². The van der Waals surface area contributed by atoms with Crippen molar-refractivity contribution in [2.24, 2.45) is 0 Å². The summed E-state index contributed by atoms with van der Waals surface area (Å²) in [6.45, 7) is 0.917. The molecule has 2 aromatic rings. The summed E-state index contributed by atoms with van der Waals surface area (Å²) >= 11 is 0. The molecule has 0 aromatic heterocycles. The van der Waals surface area contributed by atoms with Crippen molar-refractivity contribution in [1.82, 2.24) is 5.32 Å². The third-order valence-corrected chi connectivity index (χ3v) is 4.46. The van der Waals surface area contributed by atoms with Crippen molar-refractivity contribution >= 4 is 21.8 Å². The molecule has 2 aromatic carbocycles. The molecule has 1 aliphatic heterocycles. The molecular formula is C15H13FN2O4S. The Kier molecular flexibility index (Phi) is 3.78. The third-order valence-electron chi connectivity index (χ3n) is 3.55. The number of nitrogens with one attached hydrogen (secondary N) is 1. The van der Waals surface area contributed by atoms with Gasteiger partial charge in [-0.15, -0.1) is 0 Å². The van der Waals surface area contributed by atoms with Crippen LogP contribution in [0.1, 0.15) is 0 Å². The standard InChI is InChI=1S/C15H13FN2O4S/c16-11-3-1-2-10(8-11)13-9-12(18-7-6-17-15(18)19)4-5-14(13)23(20,21)22/h1-5,8-9H,6-7H2,(H,17,19)(H,20,21,22). The van der Waals surface area contributed by atoms with Gasteiger partial charge in [0.05, 0.1) is 0 Å². The van der Waals surface area contributed by atoms with Gasteiger partial charge in [0.2, 0.25) is 0 Å². The molecule has 0 aliphatic carbocycles. The Morgan fingerprint density at radius 2 is 1.96 bits per heavy atom. The summed E-state index contributed by atoms with van der Waals surface area (Å²) < 4.78 is 46.0. The summed E-state index contributed by atoms with van der Waals surface area (Å²) in [7, 11) is -4.49. The van der Waals surface area contributed by atoms with Crippen LogP contribution in [-0.4, -0.2) is 32.1 Å². The molecule has 23 heavy (non-hydrogen) atoms. The lowest BCUT2D eigenvalue weighted by Crippen LogP contribution is -2.27. The minimum atomic E-state index is -4.49. The van der Waals surface area contributed by atoms with E-state index < -0.39 is 15.9 Å². The molecule has 0 bridgehead atoms. The Morgan fingerprint density at radius 1 is 1.17 bits per heavy atom. The maximum absolute atomic E-state index is 13.5. The second kappa shape index (κ2) is 5.64. The normalized spacial score (nSPS) is 14.9. The van der Waals surface area contributed by atoms with Gasteiger partial charge < -0.3 is 5.32 Å². The van der Waals surface area contributed by atoms with Crippen molar-refractivity contribution in [3.05, 3.63) is 48.3 Å².